The molecule has 3 heterocycles. The molecule has 0 saturated carbocycles. The van der Waals surface area contributed by atoms with Gasteiger partial charge in [-0.3, -0.25) is 4.79 Å². The van der Waals surface area contributed by atoms with Crippen molar-refractivity contribution in [3.8, 4) is 10.6 Å². The molecule has 1 saturated heterocycles. The van der Waals surface area contributed by atoms with Crippen molar-refractivity contribution in [3.05, 3.63) is 28.9 Å². The van der Waals surface area contributed by atoms with Crippen molar-refractivity contribution in [2.24, 2.45) is 0 Å². The number of hydrogen-bond donors (Lipinski definition) is 1. The Morgan fingerprint density at radius 2 is 2.10 bits per heavy atom. The Labute approximate surface area is 128 Å². The fraction of sp³-hybridized carbons (Fsp3) is 0.400. The number of carbonyl (C=O) groups excluding carboxylic acids is 1. The number of nitrogens with one attached hydrogen (secondary N) is 1. The van der Waals surface area contributed by atoms with Crippen LogP contribution in [-0.2, 0) is 0 Å². The third kappa shape index (κ3) is 2.76. The normalized spacial score (nSPS) is 14.5. The number of hydrogen-bond acceptors (Lipinski definition) is 5. The molecule has 2 aromatic rings. The van der Waals surface area contributed by atoms with E-state index in [1.165, 1.54) is 24.2 Å². The Bertz CT molecular complexity index is 644. The maximum absolute atomic E-state index is 11.7. The molecule has 21 heavy (non-hydrogen) atoms. The molecule has 110 valence electrons. The van der Waals surface area contributed by atoms with Gasteiger partial charge in [-0.25, -0.2) is 9.97 Å². The minimum absolute atomic E-state index is 0.0853. The monoisotopic (exact) mass is 302 g/mol. The lowest BCUT2D eigenvalue weighted by Crippen LogP contribution is -2.18. The van der Waals surface area contributed by atoms with Crippen molar-refractivity contribution in [3.63, 3.8) is 0 Å². The largest absolute Gasteiger partial charge is 0.357 e. The fourth-order valence-corrected chi connectivity index (χ4v) is 3.49. The van der Waals surface area contributed by atoms with Crippen LogP contribution < -0.4 is 10.2 Å². The number of amides is 1. The lowest BCUT2D eigenvalue weighted by molar-refractivity contribution is 0.0966. The topological polar surface area (TPSA) is 58.1 Å². The zero-order chi connectivity index (χ0) is 14.8. The first-order valence-corrected chi connectivity index (χ1v) is 7.91. The van der Waals surface area contributed by atoms with Crippen LogP contribution in [0.2, 0.25) is 0 Å². The highest BCUT2D eigenvalue weighted by Gasteiger charge is 2.16. The number of carbonyl (C=O) groups is 1. The molecular formula is C15H18N4OS. The lowest BCUT2D eigenvalue weighted by Gasteiger charge is -2.15. The number of nitrogens with zero attached hydrogens (tertiary/aromatic N) is 3. The van der Waals surface area contributed by atoms with Crippen molar-refractivity contribution in [1.29, 1.82) is 0 Å². The van der Waals surface area contributed by atoms with Crippen molar-refractivity contribution < 1.29 is 4.79 Å². The summed E-state index contributed by atoms with van der Waals surface area (Å²) in [7, 11) is 1.63. The van der Waals surface area contributed by atoms with Crippen LogP contribution in [0.25, 0.3) is 10.6 Å². The van der Waals surface area contributed by atoms with Crippen molar-refractivity contribution in [2.45, 2.75) is 19.8 Å². The lowest BCUT2D eigenvalue weighted by atomic mass is 10.3. The molecule has 1 aliphatic rings. The van der Waals surface area contributed by atoms with Crippen LogP contribution in [0.3, 0.4) is 0 Å². The van der Waals surface area contributed by atoms with E-state index in [1.54, 1.807) is 7.05 Å². The molecule has 6 heteroatoms. The summed E-state index contributed by atoms with van der Waals surface area (Å²) in [5, 5.41) is 3.48. The van der Waals surface area contributed by atoms with Gasteiger partial charge in [-0.1, -0.05) is 0 Å². The second-order valence-electron chi connectivity index (χ2n) is 5.11. The van der Waals surface area contributed by atoms with Gasteiger partial charge in [-0.05, 0) is 31.9 Å². The molecule has 1 N–H and O–H groups in total. The molecule has 1 aliphatic heterocycles. The summed E-state index contributed by atoms with van der Waals surface area (Å²) in [6.07, 6.45) is 4.33. The maximum Gasteiger partial charge on any atom is 0.263 e. The van der Waals surface area contributed by atoms with Crippen LogP contribution in [0.15, 0.2) is 18.3 Å². The van der Waals surface area contributed by atoms with Gasteiger partial charge >= 0.3 is 0 Å². The second kappa shape index (κ2) is 5.81. The van der Waals surface area contributed by atoms with E-state index in [4.69, 9.17) is 0 Å². The van der Waals surface area contributed by atoms with Crippen LogP contribution >= 0.6 is 11.3 Å². The minimum Gasteiger partial charge on any atom is -0.357 e. The Morgan fingerprint density at radius 1 is 1.33 bits per heavy atom. The first-order valence-electron chi connectivity index (χ1n) is 7.10. The van der Waals surface area contributed by atoms with Crippen molar-refractivity contribution >= 4 is 23.1 Å². The summed E-state index contributed by atoms with van der Waals surface area (Å²) >= 11 is 1.41. The standard InChI is InChI=1S/C15H18N4OS/c1-10-13(14(20)16-2)21-15(18-10)11-5-6-12(17-9-11)19-7-3-4-8-19/h5-6,9H,3-4,7-8H2,1-2H3,(H,16,20). The number of pyridine rings is 1. The average molecular weight is 302 g/mol. The number of anilines is 1. The Morgan fingerprint density at radius 3 is 2.71 bits per heavy atom. The highest BCUT2D eigenvalue weighted by molar-refractivity contribution is 7.17. The van der Waals surface area contributed by atoms with E-state index in [2.05, 4.69) is 20.2 Å². The summed E-state index contributed by atoms with van der Waals surface area (Å²) < 4.78 is 0. The fourth-order valence-electron chi connectivity index (χ4n) is 2.49. The first kappa shape index (κ1) is 14.0. The van der Waals surface area contributed by atoms with Crippen LogP contribution in [-0.4, -0.2) is 36.0 Å². The molecule has 2 aromatic heterocycles. The molecular weight excluding hydrogens is 284 g/mol. The zero-order valence-electron chi connectivity index (χ0n) is 12.2. The molecule has 0 aromatic carbocycles. The van der Waals surface area contributed by atoms with Crippen LogP contribution in [0.5, 0.6) is 0 Å². The van der Waals surface area contributed by atoms with E-state index >= 15 is 0 Å². The molecule has 1 fully saturated rings. The van der Waals surface area contributed by atoms with E-state index in [-0.39, 0.29) is 5.91 Å². The van der Waals surface area contributed by atoms with Gasteiger partial charge < -0.3 is 10.2 Å². The highest BCUT2D eigenvalue weighted by Crippen LogP contribution is 2.28. The van der Waals surface area contributed by atoms with Gasteiger partial charge in [0.2, 0.25) is 0 Å². The molecule has 0 atom stereocenters. The van der Waals surface area contributed by atoms with Gasteiger partial charge in [0.1, 0.15) is 15.7 Å². The van der Waals surface area contributed by atoms with Crippen molar-refractivity contribution in [1.82, 2.24) is 15.3 Å². The molecule has 0 unspecified atom stereocenters. The Kier molecular flexibility index (Phi) is 3.88. The van der Waals surface area contributed by atoms with Gasteiger partial charge in [0.25, 0.3) is 5.91 Å². The van der Waals surface area contributed by atoms with Crippen LogP contribution in [0.1, 0.15) is 28.2 Å². The quantitative estimate of drug-likeness (QED) is 0.946. The predicted molar refractivity (Wildman–Crippen MR) is 84.9 cm³/mol. The SMILES string of the molecule is CNC(=O)c1sc(-c2ccc(N3CCCC3)nc2)nc1C. The summed E-state index contributed by atoms with van der Waals surface area (Å²) in [5.74, 6) is 0.939. The maximum atomic E-state index is 11.7. The van der Waals surface area contributed by atoms with Gasteiger partial charge in [-0.2, -0.15) is 0 Å². The molecule has 5 nitrogen and oxygen atoms in total. The minimum atomic E-state index is -0.0853. The van der Waals surface area contributed by atoms with Gasteiger partial charge in [0.15, 0.2) is 0 Å². The van der Waals surface area contributed by atoms with E-state index < -0.39 is 0 Å². The van der Waals surface area contributed by atoms with Crippen LogP contribution in [0.4, 0.5) is 5.82 Å². The third-order valence-corrected chi connectivity index (χ3v) is 4.86. The number of aryl methyl sites for hydroxylation is 1. The number of rotatable bonds is 3. The smallest absolute Gasteiger partial charge is 0.263 e. The summed E-state index contributed by atoms with van der Waals surface area (Å²) in [6, 6.07) is 4.07. The summed E-state index contributed by atoms with van der Waals surface area (Å²) in [6.45, 7) is 4.03. The molecule has 0 radical (unpaired) electrons. The molecule has 3 rings (SSSR count). The number of thiazole rings is 1. The van der Waals surface area contributed by atoms with E-state index in [9.17, 15) is 4.79 Å². The molecule has 1 amide bonds. The van der Waals surface area contributed by atoms with E-state index in [0.29, 0.717) is 4.88 Å². The average Bonchev–Trinajstić information content (AvgIpc) is 3.16. The van der Waals surface area contributed by atoms with E-state index in [1.807, 2.05) is 25.3 Å². The van der Waals surface area contributed by atoms with Gasteiger partial charge in [0.05, 0.1) is 5.69 Å². The third-order valence-electron chi connectivity index (χ3n) is 3.65. The van der Waals surface area contributed by atoms with Crippen LogP contribution in [0, 0.1) is 6.92 Å². The molecule has 0 spiro atoms. The zero-order valence-corrected chi connectivity index (χ0v) is 13.0. The summed E-state index contributed by atoms with van der Waals surface area (Å²) in [5.41, 5.74) is 1.72. The summed E-state index contributed by atoms with van der Waals surface area (Å²) in [4.78, 5) is 23.7. The Hall–Kier alpha value is -1.95. The second-order valence-corrected chi connectivity index (χ2v) is 6.11. The molecule has 0 bridgehead atoms. The molecule has 0 aliphatic carbocycles. The first-order chi connectivity index (χ1) is 10.2. The number of aromatic nitrogens is 2. The predicted octanol–water partition coefficient (Wildman–Crippen LogP) is 2.47. The van der Waals surface area contributed by atoms with Gasteiger partial charge in [-0.15, -0.1) is 11.3 Å². The van der Waals surface area contributed by atoms with E-state index in [0.717, 1.165) is 35.2 Å². The Balaban J connectivity index is 1.85. The van der Waals surface area contributed by atoms with Crippen molar-refractivity contribution in [2.75, 3.05) is 25.0 Å². The highest BCUT2D eigenvalue weighted by atomic mass is 32.1. The van der Waals surface area contributed by atoms with Gasteiger partial charge in [0, 0.05) is 31.9 Å².